The fraction of sp³-hybridized carbons (Fsp3) is 0.545. The van der Waals surface area contributed by atoms with E-state index in [4.69, 9.17) is 10.8 Å². The summed E-state index contributed by atoms with van der Waals surface area (Å²) in [6, 6.07) is -0.826. The molecule has 2 rings (SSSR count). The van der Waals surface area contributed by atoms with E-state index in [0.717, 1.165) is 12.8 Å². The highest BCUT2D eigenvalue weighted by Gasteiger charge is 2.30. The van der Waals surface area contributed by atoms with Crippen LogP contribution in [0.25, 0.3) is 0 Å². The molecule has 1 fully saturated rings. The second-order valence-electron chi connectivity index (χ2n) is 4.37. The molecule has 0 spiro atoms. The molecule has 0 bridgehead atoms. The first-order valence-electron chi connectivity index (χ1n) is 5.78. The lowest BCUT2D eigenvalue weighted by Gasteiger charge is -2.12. The van der Waals surface area contributed by atoms with Crippen LogP contribution in [-0.4, -0.2) is 28.0 Å². The van der Waals surface area contributed by atoms with Gasteiger partial charge in [0.1, 0.15) is 16.7 Å². The fourth-order valence-corrected chi connectivity index (χ4v) is 2.30. The molecule has 1 aliphatic rings. The zero-order valence-electron chi connectivity index (χ0n) is 9.76. The summed E-state index contributed by atoms with van der Waals surface area (Å²) >= 11 is 1.30. The first-order valence-corrected chi connectivity index (χ1v) is 6.66. The predicted molar refractivity (Wildman–Crippen MR) is 66.2 cm³/mol. The van der Waals surface area contributed by atoms with Crippen molar-refractivity contribution in [2.24, 2.45) is 11.7 Å². The van der Waals surface area contributed by atoms with Crippen molar-refractivity contribution in [3.05, 3.63) is 16.1 Å². The minimum absolute atomic E-state index is 0.238. The number of rotatable bonds is 6. The van der Waals surface area contributed by atoms with E-state index < -0.39 is 17.9 Å². The van der Waals surface area contributed by atoms with Gasteiger partial charge in [-0.25, -0.2) is 9.78 Å². The van der Waals surface area contributed by atoms with Gasteiger partial charge in [-0.1, -0.05) is 12.8 Å². The van der Waals surface area contributed by atoms with Crippen molar-refractivity contribution in [3.63, 3.8) is 0 Å². The Balaban J connectivity index is 1.96. The van der Waals surface area contributed by atoms with Crippen molar-refractivity contribution >= 4 is 23.2 Å². The zero-order chi connectivity index (χ0) is 13.1. The highest BCUT2D eigenvalue weighted by atomic mass is 32.1. The Morgan fingerprint density at radius 3 is 2.83 bits per heavy atom. The average Bonchev–Trinajstić information content (AvgIpc) is 3.02. The summed E-state index contributed by atoms with van der Waals surface area (Å²) in [4.78, 5) is 26.9. The number of hydrogen-bond acceptors (Lipinski definition) is 5. The first kappa shape index (κ1) is 13.0. The molecule has 0 aliphatic heterocycles. The molecule has 0 saturated heterocycles. The van der Waals surface area contributed by atoms with Gasteiger partial charge in [-0.05, 0) is 12.3 Å². The lowest BCUT2D eigenvalue weighted by atomic mass is 10.1. The summed E-state index contributed by atoms with van der Waals surface area (Å²) in [6.07, 6.45) is 2.59. The van der Waals surface area contributed by atoms with Gasteiger partial charge in [0.15, 0.2) is 0 Å². The molecule has 1 heterocycles. The molecule has 7 heteroatoms. The summed E-state index contributed by atoms with van der Waals surface area (Å²) in [5.74, 6) is -1.01. The number of aromatic nitrogens is 1. The van der Waals surface area contributed by atoms with E-state index in [9.17, 15) is 9.59 Å². The molecular formula is C11H15N3O3S. The summed E-state index contributed by atoms with van der Waals surface area (Å²) < 4.78 is 0. The monoisotopic (exact) mass is 269 g/mol. The minimum atomic E-state index is -0.996. The number of nitrogens with one attached hydrogen (secondary N) is 1. The number of hydrogen-bond donors (Lipinski definition) is 3. The van der Waals surface area contributed by atoms with Crippen molar-refractivity contribution in [1.29, 1.82) is 0 Å². The number of nitrogens with two attached hydrogens (primary N) is 1. The standard InChI is InChI=1S/C11H15N3O3S/c12-4-9-13-8(5-18-9)10(15)14-7(11(16)17)3-6-1-2-6/h5-7H,1-4,12H2,(H,14,15)(H,16,17). The van der Waals surface area contributed by atoms with Gasteiger partial charge in [-0.3, -0.25) is 4.79 Å². The second kappa shape index (κ2) is 5.45. The molecule has 4 N–H and O–H groups in total. The smallest absolute Gasteiger partial charge is 0.326 e. The molecular weight excluding hydrogens is 254 g/mol. The van der Waals surface area contributed by atoms with Crippen LogP contribution >= 0.6 is 11.3 Å². The number of carbonyl (C=O) groups excluding carboxylic acids is 1. The molecule has 0 aromatic carbocycles. The largest absolute Gasteiger partial charge is 0.480 e. The third-order valence-corrected chi connectivity index (χ3v) is 3.70. The van der Waals surface area contributed by atoms with Gasteiger partial charge in [0.2, 0.25) is 0 Å². The van der Waals surface area contributed by atoms with Crippen LogP contribution in [0, 0.1) is 5.92 Å². The summed E-state index contributed by atoms with van der Waals surface area (Å²) in [7, 11) is 0. The zero-order valence-corrected chi connectivity index (χ0v) is 10.6. The Morgan fingerprint density at radius 2 is 2.33 bits per heavy atom. The molecule has 1 amide bonds. The van der Waals surface area contributed by atoms with Gasteiger partial charge in [-0.2, -0.15) is 0 Å². The van der Waals surface area contributed by atoms with Crippen LogP contribution in [0.15, 0.2) is 5.38 Å². The first-order chi connectivity index (χ1) is 8.60. The lowest BCUT2D eigenvalue weighted by Crippen LogP contribution is -2.41. The van der Waals surface area contributed by atoms with Gasteiger partial charge in [-0.15, -0.1) is 11.3 Å². The van der Waals surface area contributed by atoms with Crippen LogP contribution in [-0.2, 0) is 11.3 Å². The Labute approximate surface area is 108 Å². The number of carboxylic acids is 1. The van der Waals surface area contributed by atoms with Crippen molar-refractivity contribution < 1.29 is 14.7 Å². The summed E-state index contributed by atoms with van der Waals surface area (Å²) in [6.45, 7) is 0.280. The Kier molecular flexibility index (Phi) is 3.93. The Bertz CT molecular complexity index is 456. The third kappa shape index (κ3) is 3.27. The van der Waals surface area contributed by atoms with Crippen LogP contribution in [0.1, 0.15) is 34.8 Å². The maximum Gasteiger partial charge on any atom is 0.326 e. The van der Waals surface area contributed by atoms with Gasteiger partial charge in [0, 0.05) is 11.9 Å². The molecule has 1 aromatic heterocycles. The van der Waals surface area contributed by atoms with Crippen molar-refractivity contribution in [1.82, 2.24) is 10.3 Å². The van der Waals surface area contributed by atoms with Crippen molar-refractivity contribution in [3.8, 4) is 0 Å². The van der Waals surface area contributed by atoms with E-state index in [2.05, 4.69) is 10.3 Å². The van der Waals surface area contributed by atoms with Crippen molar-refractivity contribution in [2.45, 2.75) is 31.8 Å². The maximum atomic E-state index is 11.8. The number of carbonyl (C=O) groups is 2. The molecule has 1 unspecified atom stereocenters. The molecule has 1 aromatic rings. The molecule has 0 radical (unpaired) electrons. The van der Waals surface area contributed by atoms with Crippen molar-refractivity contribution in [2.75, 3.05) is 0 Å². The molecule has 18 heavy (non-hydrogen) atoms. The topological polar surface area (TPSA) is 105 Å². The number of nitrogens with zero attached hydrogens (tertiary/aromatic N) is 1. The van der Waals surface area contributed by atoms with Gasteiger partial charge >= 0.3 is 5.97 Å². The highest BCUT2D eigenvalue weighted by Crippen LogP contribution is 2.33. The number of thiazole rings is 1. The molecule has 1 saturated carbocycles. The van der Waals surface area contributed by atoms with Gasteiger partial charge < -0.3 is 16.2 Å². The number of carboxylic acid groups (broad SMARTS) is 1. The van der Waals surface area contributed by atoms with Crippen LogP contribution in [0.4, 0.5) is 0 Å². The normalized spacial score (nSPS) is 16.3. The quantitative estimate of drug-likeness (QED) is 0.700. The Hall–Kier alpha value is -1.47. The molecule has 1 aliphatic carbocycles. The molecule has 1 atom stereocenters. The summed E-state index contributed by atoms with van der Waals surface area (Å²) in [5.41, 5.74) is 5.65. The summed E-state index contributed by atoms with van der Waals surface area (Å²) in [5, 5.41) is 13.8. The average molecular weight is 269 g/mol. The van der Waals surface area contributed by atoms with Crippen LogP contribution in [0.5, 0.6) is 0 Å². The highest BCUT2D eigenvalue weighted by molar-refractivity contribution is 7.09. The van der Waals surface area contributed by atoms with Crippen LogP contribution in [0.2, 0.25) is 0 Å². The lowest BCUT2D eigenvalue weighted by molar-refractivity contribution is -0.139. The predicted octanol–water partition coefficient (Wildman–Crippen LogP) is 0.585. The van der Waals surface area contributed by atoms with E-state index in [1.54, 1.807) is 5.38 Å². The Morgan fingerprint density at radius 1 is 1.61 bits per heavy atom. The van der Waals surface area contributed by atoms with Crippen LogP contribution < -0.4 is 11.1 Å². The van der Waals surface area contributed by atoms with Gasteiger partial charge in [0.05, 0.1) is 0 Å². The number of amides is 1. The van der Waals surface area contributed by atoms with E-state index in [0.29, 0.717) is 17.3 Å². The second-order valence-corrected chi connectivity index (χ2v) is 5.32. The number of aliphatic carboxylic acids is 1. The van der Waals surface area contributed by atoms with E-state index >= 15 is 0 Å². The maximum absolute atomic E-state index is 11.8. The fourth-order valence-electron chi connectivity index (χ4n) is 1.65. The minimum Gasteiger partial charge on any atom is -0.480 e. The van der Waals surface area contributed by atoms with E-state index in [-0.39, 0.29) is 12.2 Å². The SMILES string of the molecule is NCc1nc(C(=O)NC(CC2CC2)C(=O)O)cs1. The van der Waals surface area contributed by atoms with E-state index in [1.165, 1.54) is 11.3 Å². The van der Waals surface area contributed by atoms with E-state index in [1.807, 2.05) is 0 Å². The third-order valence-electron chi connectivity index (χ3n) is 2.83. The van der Waals surface area contributed by atoms with Gasteiger partial charge in [0.25, 0.3) is 5.91 Å². The molecule has 6 nitrogen and oxygen atoms in total. The molecule has 98 valence electrons. The van der Waals surface area contributed by atoms with Crippen LogP contribution in [0.3, 0.4) is 0 Å².